The third-order valence-electron chi connectivity index (χ3n) is 4.12. The lowest BCUT2D eigenvalue weighted by Gasteiger charge is -2.10. The maximum Gasteiger partial charge on any atom is 0.261 e. The second-order valence-electron chi connectivity index (χ2n) is 5.73. The molecule has 1 aliphatic heterocycles. The van der Waals surface area contributed by atoms with Gasteiger partial charge in [0.15, 0.2) is 0 Å². The Labute approximate surface area is 128 Å². The average molecular weight is 307 g/mol. The maximum atomic E-state index is 12.5. The Hall–Kier alpha value is -1.39. The molecule has 0 amide bonds. The van der Waals surface area contributed by atoms with E-state index in [2.05, 4.69) is 4.98 Å². The summed E-state index contributed by atoms with van der Waals surface area (Å²) in [5.74, 6) is 0.644. The van der Waals surface area contributed by atoms with Crippen LogP contribution in [0.3, 0.4) is 0 Å². The summed E-state index contributed by atoms with van der Waals surface area (Å²) in [5.41, 5.74) is 1.67. The monoisotopic (exact) mass is 306 g/mol. The van der Waals surface area contributed by atoms with E-state index < -0.39 is 0 Å². The summed E-state index contributed by atoms with van der Waals surface area (Å²) >= 11 is 6.05. The third kappa shape index (κ3) is 3.11. The van der Waals surface area contributed by atoms with Crippen LogP contribution in [0.4, 0.5) is 0 Å². The van der Waals surface area contributed by atoms with Crippen LogP contribution in [-0.4, -0.2) is 22.8 Å². The van der Waals surface area contributed by atoms with E-state index in [4.69, 9.17) is 16.3 Å². The Balaban J connectivity index is 1.79. The zero-order valence-electron chi connectivity index (χ0n) is 12.1. The minimum Gasteiger partial charge on any atom is -0.381 e. The molecule has 0 bridgehead atoms. The molecule has 0 N–H and O–H groups in total. The zero-order valence-corrected chi connectivity index (χ0v) is 12.9. The molecular weight excluding hydrogens is 288 g/mol. The summed E-state index contributed by atoms with van der Waals surface area (Å²) in [6, 6.07) is 3.54. The Kier molecular flexibility index (Phi) is 4.27. The van der Waals surface area contributed by atoms with Crippen LogP contribution in [0.2, 0.25) is 5.02 Å². The van der Waals surface area contributed by atoms with Crippen molar-refractivity contribution in [2.24, 2.45) is 5.92 Å². The van der Waals surface area contributed by atoms with Gasteiger partial charge in [-0.1, -0.05) is 11.6 Å². The lowest BCUT2D eigenvalue weighted by atomic mass is 10.0. The van der Waals surface area contributed by atoms with Gasteiger partial charge >= 0.3 is 0 Å². The number of ether oxygens (including phenoxy) is 1. The van der Waals surface area contributed by atoms with E-state index in [1.165, 1.54) is 0 Å². The predicted molar refractivity (Wildman–Crippen MR) is 83.9 cm³/mol. The molecule has 5 heteroatoms. The van der Waals surface area contributed by atoms with Crippen LogP contribution in [0.15, 0.2) is 23.3 Å². The number of benzene rings is 1. The smallest absolute Gasteiger partial charge is 0.261 e. The highest BCUT2D eigenvalue weighted by molar-refractivity contribution is 6.31. The van der Waals surface area contributed by atoms with Gasteiger partial charge in [0.1, 0.15) is 0 Å². The highest BCUT2D eigenvalue weighted by Crippen LogP contribution is 2.20. The van der Waals surface area contributed by atoms with Crippen LogP contribution >= 0.6 is 11.6 Å². The number of hydrogen-bond donors (Lipinski definition) is 0. The van der Waals surface area contributed by atoms with Gasteiger partial charge in [-0.25, -0.2) is 4.98 Å². The molecule has 0 saturated carbocycles. The summed E-state index contributed by atoms with van der Waals surface area (Å²) in [5, 5.41) is 1.19. The summed E-state index contributed by atoms with van der Waals surface area (Å²) in [6.45, 7) is 4.36. The number of halogens is 1. The van der Waals surface area contributed by atoms with Crippen molar-refractivity contribution in [2.45, 2.75) is 32.7 Å². The molecule has 1 saturated heterocycles. The molecule has 1 atom stereocenters. The first-order valence-electron chi connectivity index (χ1n) is 7.38. The van der Waals surface area contributed by atoms with Crippen molar-refractivity contribution in [1.29, 1.82) is 0 Å². The minimum absolute atomic E-state index is 0.00623. The van der Waals surface area contributed by atoms with E-state index in [0.29, 0.717) is 22.9 Å². The van der Waals surface area contributed by atoms with Crippen molar-refractivity contribution in [3.8, 4) is 0 Å². The molecule has 4 nitrogen and oxygen atoms in total. The Bertz CT molecular complexity index is 705. The van der Waals surface area contributed by atoms with E-state index in [-0.39, 0.29) is 5.56 Å². The first kappa shape index (κ1) is 14.5. The molecule has 112 valence electrons. The lowest BCUT2D eigenvalue weighted by molar-refractivity contribution is 0.183. The van der Waals surface area contributed by atoms with Gasteiger partial charge in [-0.3, -0.25) is 9.36 Å². The Morgan fingerprint density at radius 1 is 1.48 bits per heavy atom. The van der Waals surface area contributed by atoms with Gasteiger partial charge in [-0.05, 0) is 49.8 Å². The van der Waals surface area contributed by atoms with E-state index in [0.717, 1.165) is 43.6 Å². The summed E-state index contributed by atoms with van der Waals surface area (Å²) in [7, 11) is 0. The van der Waals surface area contributed by atoms with Crippen molar-refractivity contribution in [3.05, 3.63) is 39.4 Å². The van der Waals surface area contributed by atoms with Crippen LogP contribution in [-0.2, 0) is 11.3 Å². The molecule has 1 aliphatic rings. The van der Waals surface area contributed by atoms with Gasteiger partial charge in [0.25, 0.3) is 5.56 Å². The van der Waals surface area contributed by atoms with Gasteiger partial charge in [0.2, 0.25) is 0 Å². The quantitative estimate of drug-likeness (QED) is 0.871. The third-order valence-corrected chi connectivity index (χ3v) is 4.34. The average Bonchev–Trinajstić information content (AvgIpc) is 2.95. The van der Waals surface area contributed by atoms with E-state index in [9.17, 15) is 4.79 Å². The highest BCUT2D eigenvalue weighted by atomic mass is 35.5. The van der Waals surface area contributed by atoms with Crippen molar-refractivity contribution >= 4 is 22.5 Å². The molecular formula is C16H19ClN2O2. The van der Waals surface area contributed by atoms with Gasteiger partial charge in [0.05, 0.1) is 17.2 Å². The maximum absolute atomic E-state index is 12.5. The second-order valence-corrected chi connectivity index (χ2v) is 6.17. The second kappa shape index (κ2) is 6.16. The van der Waals surface area contributed by atoms with Crippen LogP contribution in [0.25, 0.3) is 10.9 Å². The van der Waals surface area contributed by atoms with Crippen molar-refractivity contribution in [2.75, 3.05) is 13.2 Å². The first-order valence-corrected chi connectivity index (χ1v) is 7.76. The van der Waals surface area contributed by atoms with E-state index in [1.54, 1.807) is 17.0 Å². The van der Waals surface area contributed by atoms with Gasteiger partial charge in [0, 0.05) is 24.8 Å². The SMILES string of the molecule is Cc1cc(Cl)cc2c(=O)n(CCC[C@H]3CCOC3)cnc12. The molecule has 0 unspecified atom stereocenters. The van der Waals surface area contributed by atoms with Crippen molar-refractivity contribution in [3.63, 3.8) is 0 Å². The lowest BCUT2D eigenvalue weighted by Crippen LogP contribution is -2.21. The van der Waals surface area contributed by atoms with Crippen LogP contribution in [0.5, 0.6) is 0 Å². The van der Waals surface area contributed by atoms with Crippen molar-refractivity contribution in [1.82, 2.24) is 9.55 Å². The Morgan fingerprint density at radius 2 is 2.33 bits per heavy atom. The fourth-order valence-electron chi connectivity index (χ4n) is 2.93. The highest BCUT2D eigenvalue weighted by Gasteiger charge is 2.15. The molecule has 1 aromatic heterocycles. The van der Waals surface area contributed by atoms with E-state index in [1.807, 2.05) is 13.0 Å². The van der Waals surface area contributed by atoms with Crippen LogP contribution < -0.4 is 5.56 Å². The zero-order chi connectivity index (χ0) is 14.8. The summed E-state index contributed by atoms with van der Waals surface area (Å²) in [4.78, 5) is 16.9. The molecule has 2 heterocycles. The number of aromatic nitrogens is 2. The summed E-state index contributed by atoms with van der Waals surface area (Å²) in [6.07, 6.45) is 4.86. The molecule has 0 aliphatic carbocycles. The largest absolute Gasteiger partial charge is 0.381 e. The molecule has 1 fully saturated rings. The summed E-state index contributed by atoms with van der Waals surface area (Å²) < 4.78 is 7.06. The Morgan fingerprint density at radius 3 is 3.10 bits per heavy atom. The minimum atomic E-state index is -0.00623. The topological polar surface area (TPSA) is 44.1 Å². The van der Waals surface area contributed by atoms with E-state index >= 15 is 0 Å². The van der Waals surface area contributed by atoms with Gasteiger partial charge in [-0.2, -0.15) is 0 Å². The van der Waals surface area contributed by atoms with Gasteiger partial charge < -0.3 is 4.74 Å². The van der Waals surface area contributed by atoms with Crippen LogP contribution in [0, 0.1) is 12.8 Å². The predicted octanol–water partition coefficient (Wildman–Crippen LogP) is 3.18. The number of nitrogens with zero attached hydrogens (tertiary/aromatic N) is 2. The molecule has 21 heavy (non-hydrogen) atoms. The number of rotatable bonds is 4. The molecule has 0 radical (unpaired) electrons. The molecule has 2 aromatic rings. The normalized spacial score (nSPS) is 18.5. The molecule has 1 aromatic carbocycles. The fraction of sp³-hybridized carbons (Fsp3) is 0.500. The first-order chi connectivity index (χ1) is 10.1. The number of fused-ring (bicyclic) bond motifs is 1. The molecule has 3 rings (SSSR count). The van der Waals surface area contributed by atoms with Gasteiger partial charge in [-0.15, -0.1) is 0 Å². The number of aryl methyl sites for hydroxylation is 2. The van der Waals surface area contributed by atoms with Crippen molar-refractivity contribution < 1.29 is 4.74 Å². The van der Waals surface area contributed by atoms with Crippen LogP contribution in [0.1, 0.15) is 24.8 Å². The molecule has 0 spiro atoms. The standard InChI is InChI=1S/C16H19ClN2O2/c1-11-7-13(17)8-14-15(11)18-10-19(16(14)20)5-2-3-12-4-6-21-9-12/h7-8,10,12H,2-6,9H2,1H3/t12-/m0/s1. The number of hydrogen-bond acceptors (Lipinski definition) is 3. The fourth-order valence-corrected chi connectivity index (χ4v) is 3.20.